The lowest BCUT2D eigenvalue weighted by atomic mass is 10.1. The highest BCUT2D eigenvalue weighted by molar-refractivity contribution is 7.89. The minimum absolute atomic E-state index is 0.289. The number of halogens is 1. The molecular weight excluding hydrogens is 387 g/mol. The molecule has 0 heterocycles. The predicted molar refractivity (Wildman–Crippen MR) is 101 cm³/mol. The second-order valence-corrected chi connectivity index (χ2v) is 7.81. The number of sulfonamides is 1. The van der Waals surface area contributed by atoms with Crippen molar-refractivity contribution in [1.82, 2.24) is 10.0 Å². The Kier molecular flexibility index (Phi) is 7.24. The third kappa shape index (κ3) is 5.61. The van der Waals surface area contributed by atoms with Crippen LogP contribution < -0.4 is 10.0 Å². The van der Waals surface area contributed by atoms with Gasteiger partial charge in [-0.2, -0.15) is 0 Å². The summed E-state index contributed by atoms with van der Waals surface area (Å²) in [6.45, 7) is 1.69. The van der Waals surface area contributed by atoms with Crippen molar-refractivity contribution in [1.29, 1.82) is 0 Å². The summed E-state index contributed by atoms with van der Waals surface area (Å²) in [6, 6.07) is 12.2. The highest BCUT2D eigenvalue weighted by Crippen LogP contribution is 2.16. The highest BCUT2D eigenvalue weighted by atomic mass is 32.2. The van der Waals surface area contributed by atoms with Gasteiger partial charge in [-0.3, -0.25) is 4.79 Å². The molecule has 7 nitrogen and oxygen atoms in total. The largest absolute Gasteiger partial charge is 0.449 e. The van der Waals surface area contributed by atoms with Gasteiger partial charge in [0.2, 0.25) is 10.0 Å². The molecule has 0 fully saturated rings. The van der Waals surface area contributed by atoms with Crippen LogP contribution in [0, 0.1) is 5.82 Å². The minimum Gasteiger partial charge on any atom is -0.449 e. The molecule has 0 spiro atoms. The van der Waals surface area contributed by atoms with Crippen LogP contribution >= 0.6 is 0 Å². The number of carbonyl (C=O) groups is 2. The average Bonchev–Trinajstić information content (AvgIpc) is 2.68. The van der Waals surface area contributed by atoms with Gasteiger partial charge >= 0.3 is 5.97 Å². The Bertz CT molecular complexity index is 948. The molecule has 0 saturated carbocycles. The first-order valence-electron chi connectivity index (χ1n) is 8.50. The summed E-state index contributed by atoms with van der Waals surface area (Å²) in [7, 11) is -2.66. The van der Waals surface area contributed by atoms with Gasteiger partial charge in [-0.05, 0) is 44.2 Å². The summed E-state index contributed by atoms with van der Waals surface area (Å²) >= 11 is 0. The molecule has 0 aliphatic carbocycles. The van der Waals surface area contributed by atoms with E-state index in [4.69, 9.17) is 4.74 Å². The fourth-order valence-electron chi connectivity index (χ4n) is 2.34. The van der Waals surface area contributed by atoms with Crippen molar-refractivity contribution < 1.29 is 27.1 Å². The molecule has 9 heteroatoms. The summed E-state index contributed by atoms with van der Waals surface area (Å²) in [4.78, 5) is 24.0. The van der Waals surface area contributed by atoms with Crippen LogP contribution in [0.5, 0.6) is 0 Å². The van der Waals surface area contributed by atoms with E-state index in [0.29, 0.717) is 13.0 Å². The average molecular weight is 408 g/mol. The number of rotatable bonds is 8. The van der Waals surface area contributed by atoms with Gasteiger partial charge in [0, 0.05) is 6.54 Å². The molecule has 2 aromatic carbocycles. The van der Waals surface area contributed by atoms with Crippen molar-refractivity contribution in [3.63, 3.8) is 0 Å². The van der Waals surface area contributed by atoms with Crippen LogP contribution in [0.4, 0.5) is 4.39 Å². The maximum absolute atomic E-state index is 13.9. The molecule has 0 saturated heterocycles. The van der Waals surface area contributed by atoms with Crippen LogP contribution in [0.1, 0.15) is 22.8 Å². The molecule has 28 heavy (non-hydrogen) atoms. The van der Waals surface area contributed by atoms with Crippen LogP contribution in [0.15, 0.2) is 53.4 Å². The topological polar surface area (TPSA) is 102 Å². The van der Waals surface area contributed by atoms with Crippen molar-refractivity contribution in [3.8, 4) is 0 Å². The molecule has 1 unspecified atom stereocenters. The number of benzene rings is 2. The Balaban J connectivity index is 1.97. The second-order valence-electron chi connectivity index (χ2n) is 5.92. The summed E-state index contributed by atoms with van der Waals surface area (Å²) in [5, 5.41) is 2.63. The molecule has 0 radical (unpaired) electrons. The normalized spacial score (nSPS) is 12.2. The van der Waals surface area contributed by atoms with E-state index in [0.717, 1.165) is 23.8 Å². The smallest absolute Gasteiger partial charge is 0.341 e. The van der Waals surface area contributed by atoms with E-state index in [1.807, 2.05) is 30.3 Å². The number of amides is 1. The second kappa shape index (κ2) is 9.43. The Labute approximate surface area is 163 Å². The Hall–Kier alpha value is -2.78. The Morgan fingerprint density at radius 2 is 1.82 bits per heavy atom. The number of ether oxygens (including phenoxy) is 1. The van der Waals surface area contributed by atoms with Crippen LogP contribution in [0.3, 0.4) is 0 Å². The first kappa shape index (κ1) is 21.5. The molecule has 2 rings (SSSR count). The number of hydrogen-bond donors (Lipinski definition) is 2. The monoisotopic (exact) mass is 408 g/mol. The number of nitrogens with one attached hydrogen (secondary N) is 2. The zero-order chi connectivity index (χ0) is 20.7. The van der Waals surface area contributed by atoms with Crippen molar-refractivity contribution in [2.75, 3.05) is 13.6 Å². The maximum Gasteiger partial charge on any atom is 0.341 e. The molecule has 150 valence electrons. The van der Waals surface area contributed by atoms with Gasteiger partial charge in [-0.15, -0.1) is 0 Å². The van der Waals surface area contributed by atoms with Crippen molar-refractivity contribution >= 4 is 21.9 Å². The molecule has 0 bridgehead atoms. The van der Waals surface area contributed by atoms with Gasteiger partial charge in [0.15, 0.2) is 6.10 Å². The first-order valence-corrected chi connectivity index (χ1v) is 9.98. The fourth-order valence-corrected chi connectivity index (χ4v) is 3.10. The Morgan fingerprint density at radius 1 is 1.14 bits per heavy atom. The number of esters is 1. The molecule has 2 aromatic rings. The van der Waals surface area contributed by atoms with Crippen LogP contribution in [-0.4, -0.2) is 40.0 Å². The predicted octanol–water partition coefficient (Wildman–Crippen LogP) is 1.64. The third-order valence-electron chi connectivity index (χ3n) is 3.95. The quantitative estimate of drug-likeness (QED) is 0.647. The van der Waals surface area contributed by atoms with Crippen molar-refractivity contribution in [2.45, 2.75) is 24.3 Å². The van der Waals surface area contributed by atoms with E-state index >= 15 is 0 Å². The number of hydrogen-bond acceptors (Lipinski definition) is 5. The van der Waals surface area contributed by atoms with E-state index in [-0.39, 0.29) is 4.90 Å². The molecule has 2 N–H and O–H groups in total. The Morgan fingerprint density at radius 3 is 2.46 bits per heavy atom. The van der Waals surface area contributed by atoms with Gasteiger partial charge in [0.1, 0.15) is 5.82 Å². The van der Waals surface area contributed by atoms with Crippen LogP contribution in [-0.2, 0) is 26.0 Å². The number of carbonyl (C=O) groups excluding carboxylic acids is 2. The van der Waals surface area contributed by atoms with Crippen molar-refractivity contribution in [3.05, 3.63) is 65.5 Å². The molecule has 1 atom stereocenters. The molecule has 1 amide bonds. The maximum atomic E-state index is 13.9. The summed E-state index contributed by atoms with van der Waals surface area (Å²) in [6.07, 6.45) is -0.571. The van der Waals surface area contributed by atoms with Gasteiger partial charge in [-0.25, -0.2) is 22.3 Å². The first-order chi connectivity index (χ1) is 13.2. The molecule has 0 aliphatic rings. The molecular formula is C19H21FN2O5S. The standard InChI is InChI=1S/C19H21FN2O5S/c1-13(18(23)22-11-10-14-6-4-3-5-7-14)27-19(24)16-12-15(8-9-17(16)20)28(25,26)21-2/h3-9,12-13,21H,10-11H2,1-2H3,(H,22,23). The molecule has 0 aliphatic heterocycles. The van der Waals surface area contributed by atoms with Crippen molar-refractivity contribution in [2.24, 2.45) is 0 Å². The zero-order valence-corrected chi connectivity index (χ0v) is 16.3. The SMILES string of the molecule is CNS(=O)(=O)c1ccc(F)c(C(=O)OC(C)C(=O)NCCc2ccccc2)c1. The summed E-state index contributed by atoms with van der Waals surface area (Å²) in [5.74, 6) is -2.61. The van der Waals surface area contributed by atoms with Gasteiger partial charge in [0.05, 0.1) is 10.5 Å². The van der Waals surface area contributed by atoms with Crippen LogP contribution in [0.2, 0.25) is 0 Å². The lowest BCUT2D eigenvalue weighted by Gasteiger charge is -2.14. The zero-order valence-electron chi connectivity index (χ0n) is 15.4. The lowest BCUT2D eigenvalue weighted by Crippen LogP contribution is -2.37. The lowest BCUT2D eigenvalue weighted by molar-refractivity contribution is -0.129. The third-order valence-corrected chi connectivity index (χ3v) is 5.36. The summed E-state index contributed by atoms with van der Waals surface area (Å²) < 4.78 is 44.6. The van der Waals surface area contributed by atoms with E-state index in [1.54, 1.807) is 0 Å². The van der Waals surface area contributed by atoms with E-state index in [9.17, 15) is 22.4 Å². The van der Waals surface area contributed by atoms with E-state index in [2.05, 4.69) is 10.0 Å². The van der Waals surface area contributed by atoms with Gasteiger partial charge in [0.25, 0.3) is 5.91 Å². The van der Waals surface area contributed by atoms with E-state index < -0.39 is 39.4 Å². The summed E-state index contributed by atoms with van der Waals surface area (Å²) in [5.41, 5.74) is 0.470. The van der Waals surface area contributed by atoms with Gasteiger partial charge < -0.3 is 10.1 Å². The van der Waals surface area contributed by atoms with Gasteiger partial charge in [-0.1, -0.05) is 30.3 Å². The molecule has 0 aromatic heterocycles. The van der Waals surface area contributed by atoms with Crippen LogP contribution in [0.25, 0.3) is 0 Å². The fraction of sp³-hybridized carbons (Fsp3) is 0.263. The highest BCUT2D eigenvalue weighted by Gasteiger charge is 2.23. The van der Waals surface area contributed by atoms with E-state index in [1.165, 1.54) is 14.0 Å². The minimum atomic E-state index is -3.86.